The first-order valence-corrected chi connectivity index (χ1v) is 9.12. The molecule has 2 aromatic carbocycles. The fourth-order valence-corrected chi connectivity index (χ4v) is 3.45. The lowest BCUT2D eigenvalue weighted by molar-refractivity contribution is -0.142. The lowest BCUT2D eigenvalue weighted by Gasteiger charge is -2.33. The molecule has 2 atom stereocenters. The van der Waals surface area contributed by atoms with Crippen LogP contribution in [0.1, 0.15) is 22.8 Å². The molecule has 0 aliphatic carbocycles. The predicted octanol–water partition coefficient (Wildman–Crippen LogP) is 2.46. The number of rotatable bonds is 4. The Kier molecular flexibility index (Phi) is 4.71. The Morgan fingerprint density at radius 3 is 2.63 bits per heavy atom. The third kappa shape index (κ3) is 3.47. The van der Waals surface area contributed by atoms with Crippen LogP contribution in [0.2, 0.25) is 0 Å². The highest BCUT2D eigenvalue weighted by Gasteiger charge is 2.35. The number of nitrogens with zero attached hydrogens (tertiary/aromatic N) is 1. The van der Waals surface area contributed by atoms with Crippen LogP contribution in [0, 0.1) is 0 Å². The van der Waals surface area contributed by atoms with Crippen molar-refractivity contribution in [1.82, 2.24) is 4.90 Å². The van der Waals surface area contributed by atoms with Gasteiger partial charge < -0.3 is 19.1 Å². The lowest BCUT2D eigenvalue weighted by Crippen LogP contribution is -2.49. The van der Waals surface area contributed by atoms with Gasteiger partial charge in [0, 0.05) is 13.0 Å². The summed E-state index contributed by atoms with van der Waals surface area (Å²) in [5, 5.41) is 0. The van der Waals surface area contributed by atoms with Gasteiger partial charge in [-0.1, -0.05) is 30.3 Å². The van der Waals surface area contributed by atoms with Crippen molar-refractivity contribution in [2.45, 2.75) is 25.6 Å². The molecule has 4 rings (SSSR count). The Morgan fingerprint density at radius 2 is 1.81 bits per heavy atom. The van der Waals surface area contributed by atoms with Gasteiger partial charge in [-0.25, -0.2) is 4.79 Å². The standard InChI is InChI=1S/C21H21NO5/c1-2-22(12-15-13-25-17-9-5-6-10-18(17)26-15)20(23)19-11-14-7-3-4-8-16(14)21(24)27-19/h3-10,15,19H,2,11-13H2,1H3/t15-,19-/m1/s1. The molecule has 2 aliphatic rings. The Hall–Kier alpha value is -3.02. The number of hydrogen-bond donors (Lipinski definition) is 0. The molecule has 0 unspecified atom stereocenters. The van der Waals surface area contributed by atoms with Crippen molar-refractivity contribution in [2.24, 2.45) is 0 Å². The number of likely N-dealkylation sites (N-methyl/N-ethyl adjacent to an activating group) is 1. The fourth-order valence-electron chi connectivity index (χ4n) is 3.45. The normalized spacial score (nSPS) is 20.4. The molecule has 0 saturated carbocycles. The van der Waals surface area contributed by atoms with Gasteiger partial charge in [-0.2, -0.15) is 0 Å². The van der Waals surface area contributed by atoms with Gasteiger partial charge >= 0.3 is 5.97 Å². The second-order valence-electron chi connectivity index (χ2n) is 6.63. The molecule has 0 N–H and O–H groups in total. The minimum atomic E-state index is -0.802. The minimum Gasteiger partial charge on any atom is -0.486 e. The van der Waals surface area contributed by atoms with Gasteiger partial charge in [0.1, 0.15) is 6.61 Å². The van der Waals surface area contributed by atoms with E-state index in [0.717, 1.165) is 5.56 Å². The summed E-state index contributed by atoms with van der Waals surface area (Å²) in [4.78, 5) is 26.8. The first kappa shape index (κ1) is 17.4. The third-order valence-corrected chi connectivity index (χ3v) is 4.85. The maximum absolute atomic E-state index is 13.0. The molecular formula is C21H21NO5. The molecule has 0 radical (unpaired) electrons. The van der Waals surface area contributed by atoms with Crippen molar-refractivity contribution >= 4 is 11.9 Å². The van der Waals surface area contributed by atoms with Crippen molar-refractivity contribution in [3.8, 4) is 11.5 Å². The number of esters is 1. The van der Waals surface area contributed by atoms with Crippen LogP contribution in [0.15, 0.2) is 48.5 Å². The van der Waals surface area contributed by atoms with Gasteiger partial charge in [-0.3, -0.25) is 4.79 Å². The number of para-hydroxylation sites is 2. The van der Waals surface area contributed by atoms with Crippen LogP contribution < -0.4 is 9.47 Å². The van der Waals surface area contributed by atoms with E-state index in [1.807, 2.05) is 43.3 Å². The lowest BCUT2D eigenvalue weighted by atomic mass is 9.98. The fraction of sp³-hybridized carbons (Fsp3) is 0.333. The SMILES string of the molecule is CCN(C[C@@H]1COc2ccccc2O1)C(=O)[C@H]1Cc2ccccc2C(=O)O1. The van der Waals surface area contributed by atoms with Gasteiger partial charge in [-0.05, 0) is 30.7 Å². The van der Waals surface area contributed by atoms with Gasteiger partial charge in [0.05, 0.1) is 12.1 Å². The maximum atomic E-state index is 13.0. The number of ether oxygens (including phenoxy) is 3. The van der Waals surface area contributed by atoms with Crippen LogP contribution in [0.25, 0.3) is 0 Å². The summed E-state index contributed by atoms with van der Waals surface area (Å²) in [6.07, 6.45) is -0.679. The Bertz CT molecular complexity index is 865. The molecule has 1 amide bonds. The number of benzene rings is 2. The summed E-state index contributed by atoms with van der Waals surface area (Å²) < 4.78 is 17.1. The van der Waals surface area contributed by atoms with Crippen molar-refractivity contribution in [2.75, 3.05) is 19.7 Å². The van der Waals surface area contributed by atoms with Crippen LogP contribution >= 0.6 is 0 Å². The van der Waals surface area contributed by atoms with Gasteiger partial charge in [0.15, 0.2) is 23.7 Å². The average Bonchev–Trinajstić information content (AvgIpc) is 2.71. The highest BCUT2D eigenvalue weighted by Crippen LogP contribution is 2.31. The summed E-state index contributed by atoms with van der Waals surface area (Å²) in [5.41, 5.74) is 1.37. The van der Waals surface area contributed by atoms with Crippen LogP contribution in [0.5, 0.6) is 11.5 Å². The molecule has 0 saturated heterocycles. The second kappa shape index (κ2) is 7.31. The van der Waals surface area contributed by atoms with E-state index in [0.29, 0.717) is 43.2 Å². The van der Waals surface area contributed by atoms with Crippen LogP contribution in [-0.2, 0) is 16.0 Å². The van der Waals surface area contributed by atoms with Crippen molar-refractivity contribution in [3.05, 3.63) is 59.7 Å². The van der Waals surface area contributed by atoms with Gasteiger partial charge in [0.2, 0.25) is 0 Å². The van der Waals surface area contributed by atoms with Crippen LogP contribution in [0.4, 0.5) is 0 Å². The molecule has 2 aliphatic heterocycles. The zero-order valence-electron chi connectivity index (χ0n) is 15.1. The summed E-state index contributed by atoms with van der Waals surface area (Å²) in [5.74, 6) is 0.733. The van der Waals surface area contributed by atoms with Gasteiger partial charge in [-0.15, -0.1) is 0 Å². The molecule has 27 heavy (non-hydrogen) atoms. The van der Waals surface area contributed by atoms with E-state index in [1.165, 1.54) is 0 Å². The molecule has 0 fully saturated rings. The topological polar surface area (TPSA) is 65.1 Å². The second-order valence-corrected chi connectivity index (χ2v) is 6.63. The van der Waals surface area contributed by atoms with Crippen molar-refractivity contribution in [3.63, 3.8) is 0 Å². The van der Waals surface area contributed by atoms with E-state index in [9.17, 15) is 9.59 Å². The summed E-state index contributed by atoms with van der Waals surface area (Å²) in [7, 11) is 0. The minimum absolute atomic E-state index is 0.206. The summed E-state index contributed by atoms with van der Waals surface area (Å²) in [6, 6.07) is 14.7. The molecular weight excluding hydrogens is 346 g/mol. The van der Waals surface area contributed by atoms with E-state index < -0.39 is 12.1 Å². The number of amides is 1. The number of carbonyl (C=O) groups excluding carboxylic acids is 2. The van der Waals surface area contributed by atoms with Crippen molar-refractivity contribution in [1.29, 1.82) is 0 Å². The molecule has 0 aromatic heterocycles. The Morgan fingerprint density at radius 1 is 1.07 bits per heavy atom. The molecule has 2 aromatic rings. The van der Waals surface area contributed by atoms with E-state index in [4.69, 9.17) is 14.2 Å². The monoisotopic (exact) mass is 367 g/mol. The third-order valence-electron chi connectivity index (χ3n) is 4.85. The first-order chi connectivity index (χ1) is 13.2. The van der Waals surface area contributed by atoms with Crippen LogP contribution in [-0.4, -0.2) is 48.7 Å². The summed E-state index contributed by atoms with van der Waals surface area (Å²) >= 11 is 0. The molecule has 0 bridgehead atoms. The average molecular weight is 367 g/mol. The van der Waals surface area contributed by atoms with E-state index in [2.05, 4.69) is 0 Å². The Labute approximate surface area is 157 Å². The Balaban J connectivity index is 1.44. The van der Waals surface area contributed by atoms with Gasteiger partial charge in [0.25, 0.3) is 5.91 Å². The number of hydrogen-bond acceptors (Lipinski definition) is 5. The molecule has 6 heteroatoms. The summed E-state index contributed by atoms with van der Waals surface area (Å²) in [6.45, 7) is 3.14. The highest BCUT2D eigenvalue weighted by atomic mass is 16.6. The predicted molar refractivity (Wildman–Crippen MR) is 98.0 cm³/mol. The number of fused-ring (bicyclic) bond motifs is 2. The highest BCUT2D eigenvalue weighted by molar-refractivity contribution is 5.95. The molecule has 6 nitrogen and oxygen atoms in total. The number of carbonyl (C=O) groups is 2. The maximum Gasteiger partial charge on any atom is 0.339 e. The van der Waals surface area contributed by atoms with Crippen molar-refractivity contribution < 1.29 is 23.8 Å². The van der Waals surface area contributed by atoms with E-state index in [1.54, 1.807) is 17.0 Å². The smallest absolute Gasteiger partial charge is 0.339 e. The molecule has 140 valence electrons. The largest absolute Gasteiger partial charge is 0.486 e. The van der Waals surface area contributed by atoms with E-state index >= 15 is 0 Å². The quantitative estimate of drug-likeness (QED) is 0.777. The first-order valence-electron chi connectivity index (χ1n) is 9.12. The van der Waals surface area contributed by atoms with Crippen LogP contribution in [0.3, 0.4) is 0 Å². The molecule has 2 heterocycles. The van der Waals surface area contributed by atoms with E-state index in [-0.39, 0.29) is 12.0 Å². The zero-order valence-corrected chi connectivity index (χ0v) is 15.1. The number of cyclic esters (lactones) is 1. The zero-order chi connectivity index (χ0) is 18.8. The molecule has 0 spiro atoms.